The normalized spacial score (nSPS) is 11.1. The van der Waals surface area contributed by atoms with E-state index in [-0.39, 0.29) is 4.90 Å². The van der Waals surface area contributed by atoms with Crippen LogP contribution in [0.15, 0.2) is 45.9 Å². The van der Waals surface area contributed by atoms with E-state index in [2.05, 4.69) is 25.6 Å². The Hall–Kier alpha value is -1.84. The van der Waals surface area contributed by atoms with E-state index in [0.29, 0.717) is 35.1 Å². The van der Waals surface area contributed by atoms with Crippen LogP contribution in [-0.4, -0.2) is 40.8 Å². The Morgan fingerprint density at radius 1 is 1.08 bits per heavy atom. The number of nitrogens with one attached hydrogen (secondary N) is 1. The minimum atomic E-state index is -3.74. The van der Waals surface area contributed by atoms with E-state index in [1.165, 1.54) is 19.2 Å². The van der Waals surface area contributed by atoms with E-state index >= 15 is 0 Å². The van der Waals surface area contributed by atoms with Gasteiger partial charge in [0, 0.05) is 13.2 Å². The highest BCUT2D eigenvalue weighted by Gasteiger charge is 2.16. The standard InChI is InChI=1S/C15H17BrN2O5S/c1-21-9-10-23-11-3-5-12(6-4-11)24(19,20)18-13-7-8-14(22-2)17-15(13)16/h3-8,18H,9-10H2,1-2H3. The van der Waals surface area contributed by atoms with Crippen LogP contribution in [0.5, 0.6) is 11.6 Å². The zero-order valence-corrected chi connectivity index (χ0v) is 15.6. The molecule has 0 amide bonds. The number of benzene rings is 1. The van der Waals surface area contributed by atoms with Gasteiger partial charge < -0.3 is 14.2 Å². The number of sulfonamides is 1. The van der Waals surface area contributed by atoms with Crippen LogP contribution in [0.2, 0.25) is 0 Å². The fraction of sp³-hybridized carbons (Fsp3) is 0.267. The number of anilines is 1. The molecule has 0 bridgehead atoms. The highest BCUT2D eigenvalue weighted by atomic mass is 79.9. The van der Waals surface area contributed by atoms with Crippen molar-refractivity contribution in [2.24, 2.45) is 0 Å². The quantitative estimate of drug-likeness (QED) is 0.525. The number of ether oxygens (including phenoxy) is 3. The van der Waals surface area contributed by atoms with Gasteiger partial charge in [0.15, 0.2) is 0 Å². The van der Waals surface area contributed by atoms with Crippen LogP contribution in [0, 0.1) is 0 Å². The molecule has 1 aromatic heterocycles. The maximum absolute atomic E-state index is 12.4. The zero-order valence-electron chi connectivity index (χ0n) is 13.2. The summed E-state index contributed by atoms with van der Waals surface area (Å²) in [6.45, 7) is 0.853. The number of nitrogens with zero attached hydrogens (tertiary/aromatic N) is 1. The molecule has 0 aliphatic rings. The van der Waals surface area contributed by atoms with Gasteiger partial charge in [0.1, 0.15) is 17.0 Å². The van der Waals surface area contributed by atoms with Gasteiger partial charge in [-0.25, -0.2) is 13.4 Å². The van der Waals surface area contributed by atoms with Crippen LogP contribution in [-0.2, 0) is 14.8 Å². The Morgan fingerprint density at radius 2 is 1.79 bits per heavy atom. The Labute approximate surface area is 149 Å². The number of hydrogen-bond acceptors (Lipinski definition) is 6. The largest absolute Gasteiger partial charge is 0.491 e. The average Bonchev–Trinajstić information content (AvgIpc) is 2.57. The van der Waals surface area contributed by atoms with Crippen LogP contribution in [0.3, 0.4) is 0 Å². The molecule has 0 aliphatic heterocycles. The van der Waals surface area contributed by atoms with Gasteiger partial charge in [-0.3, -0.25) is 4.72 Å². The number of methoxy groups -OCH3 is 2. The molecule has 7 nitrogen and oxygen atoms in total. The van der Waals surface area contributed by atoms with Crippen LogP contribution in [0.25, 0.3) is 0 Å². The molecule has 1 aromatic carbocycles. The number of hydrogen-bond donors (Lipinski definition) is 1. The molecule has 0 atom stereocenters. The first-order valence-corrected chi connectivity index (χ1v) is 9.19. The van der Waals surface area contributed by atoms with E-state index in [4.69, 9.17) is 14.2 Å². The third-order valence-electron chi connectivity index (χ3n) is 2.97. The van der Waals surface area contributed by atoms with Crippen molar-refractivity contribution in [1.82, 2.24) is 4.98 Å². The van der Waals surface area contributed by atoms with Crippen LogP contribution < -0.4 is 14.2 Å². The third kappa shape index (κ3) is 4.83. The smallest absolute Gasteiger partial charge is 0.261 e. The molecule has 130 valence electrons. The van der Waals surface area contributed by atoms with Crippen LogP contribution in [0.4, 0.5) is 5.69 Å². The molecule has 0 radical (unpaired) electrons. The molecule has 0 spiro atoms. The molecular formula is C15H17BrN2O5S. The van der Waals surface area contributed by atoms with E-state index in [9.17, 15) is 8.42 Å². The highest BCUT2D eigenvalue weighted by molar-refractivity contribution is 9.10. The lowest BCUT2D eigenvalue weighted by Crippen LogP contribution is -2.13. The Bertz CT molecular complexity index is 781. The van der Waals surface area contributed by atoms with Crippen molar-refractivity contribution < 1.29 is 22.6 Å². The molecule has 0 saturated carbocycles. The van der Waals surface area contributed by atoms with Crippen molar-refractivity contribution >= 4 is 31.6 Å². The highest BCUT2D eigenvalue weighted by Crippen LogP contribution is 2.26. The lowest BCUT2D eigenvalue weighted by molar-refractivity contribution is 0.146. The van der Waals surface area contributed by atoms with Crippen molar-refractivity contribution in [3.05, 3.63) is 41.0 Å². The van der Waals surface area contributed by atoms with Crippen molar-refractivity contribution in [2.75, 3.05) is 32.2 Å². The monoisotopic (exact) mass is 416 g/mol. The number of rotatable bonds is 8. The first-order chi connectivity index (χ1) is 11.5. The lowest BCUT2D eigenvalue weighted by atomic mass is 10.3. The number of halogens is 1. The summed E-state index contributed by atoms with van der Waals surface area (Å²) in [7, 11) is -0.677. The summed E-state index contributed by atoms with van der Waals surface area (Å²) in [5.41, 5.74) is 0.316. The van der Waals surface area contributed by atoms with Crippen molar-refractivity contribution in [3.63, 3.8) is 0 Å². The summed E-state index contributed by atoms with van der Waals surface area (Å²) >= 11 is 3.21. The van der Waals surface area contributed by atoms with Gasteiger partial charge in [-0.05, 0) is 46.3 Å². The average molecular weight is 417 g/mol. The maximum Gasteiger partial charge on any atom is 0.261 e. The topological polar surface area (TPSA) is 86.8 Å². The Balaban J connectivity index is 2.12. The molecule has 9 heteroatoms. The van der Waals surface area contributed by atoms with Gasteiger partial charge >= 0.3 is 0 Å². The molecule has 1 heterocycles. The van der Waals surface area contributed by atoms with E-state index in [1.807, 2.05) is 0 Å². The molecule has 0 fully saturated rings. The first-order valence-electron chi connectivity index (χ1n) is 6.91. The fourth-order valence-electron chi connectivity index (χ4n) is 1.77. The van der Waals surface area contributed by atoms with E-state index in [1.54, 1.807) is 31.4 Å². The molecule has 1 N–H and O–H groups in total. The van der Waals surface area contributed by atoms with Gasteiger partial charge in [0.05, 0.1) is 24.3 Å². The minimum absolute atomic E-state index is 0.115. The molecule has 24 heavy (non-hydrogen) atoms. The molecule has 0 aliphatic carbocycles. The summed E-state index contributed by atoms with van der Waals surface area (Å²) in [5.74, 6) is 0.945. The Morgan fingerprint density at radius 3 is 2.38 bits per heavy atom. The minimum Gasteiger partial charge on any atom is -0.491 e. The van der Waals surface area contributed by atoms with Gasteiger partial charge in [0.2, 0.25) is 5.88 Å². The predicted octanol–water partition coefficient (Wildman–Crippen LogP) is 2.68. The van der Waals surface area contributed by atoms with Crippen molar-refractivity contribution in [3.8, 4) is 11.6 Å². The summed E-state index contributed by atoms with van der Waals surface area (Å²) < 4.78 is 42.9. The fourth-order valence-corrected chi connectivity index (χ4v) is 3.37. The summed E-state index contributed by atoms with van der Waals surface area (Å²) in [4.78, 5) is 4.18. The van der Waals surface area contributed by atoms with Gasteiger partial charge in [-0.15, -0.1) is 0 Å². The Kier molecular flexibility index (Phi) is 6.41. The van der Waals surface area contributed by atoms with E-state index in [0.717, 1.165) is 0 Å². The van der Waals surface area contributed by atoms with E-state index < -0.39 is 10.0 Å². The summed E-state index contributed by atoms with van der Waals surface area (Å²) in [5, 5.41) is 0. The zero-order chi connectivity index (χ0) is 17.6. The van der Waals surface area contributed by atoms with Crippen LogP contribution >= 0.6 is 15.9 Å². The summed E-state index contributed by atoms with van der Waals surface area (Å²) in [6.07, 6.45) is 0. The first kappa shape index (κ1) is 18.5. The van der Waals surface area contributed by atoms with Crippen molar-refractivity contribution in [2.45, 2.75) is 4.90 Å². The number of pyridine rings is 1. The van der Waals surface area contributed by atoms with Gasteiger partial charge in [-0.2, -0.15) is 0 Å². The number of aromatic nitrogens is 1. The van der Waals surface area contributed by atoms with Crippen LogP contribution in [0.1, 0.15) is 0 Å². The SMILES string of the molecule is COCCOc1ccc(S(=O)(=O)Nc2ccc(OC)nc2Br)cc1. The second-order valence-corrected chi connectivity index (χ2v) is 7.04. The summed E-state index contributed by atoms with van der Waals surface area (Å²) in [6, 6.07) is 9.24. The van der Waals surface area contributed by atoms with Gasteiger partial charge in [0.25, 0.3) is 10.0 Å². The molecule has 0 saturated heterocycles. The van der Waals surface area contributed by atoms with Gasteiger partial charge in [-0.1, -0.05) is 0 Å². The molecule has 2 rings (SSSR count). The molecule has 0 unspecified atom stereocenters. The third-order valence-corrected chi connectivity index (χ3v) is 4.95. The lowest BCUT2D eigenvalue weighted by Gasteiger charge is -2.11. The molecular weight excluding hydrogens is 400 g/mol. The predicted molar refractivity (Wildman–Crippen MR) is 93.1 cm³/mol. The molecule has 2 aromatic rings. The second-order valence-electron chi connectivity index (χ2n) is 4.61. The van der Waals surface area contributed by atoms with Crippen molar-refractivity contribution in [1.29, 1.82) is 0 Å². The maximum atomic E-state index is 12.4. The second kappa shape index (κ2) is 8.32.